The normalized spacial score (nSPS) is 29.8. The summed E-state index contributed by atoms with van der Waals surface area (Å²) in [7, 11) is 0. The average Bonchev–Trinajstić information content (AvgIpc) is 2.53. The zero-order chi connectivity index (χ0) is 17.9. The van der Waals surface area contributed by atoms with Gasteiger partial charge in [-0.25, -0.2) is 0 Å². The molecule has 0 aliphatic heterocycles. The molecule has 1 aromatic carbocycles. The molecule has 4 nitrogen and oxygen atoms in total. The van der Waals surface area contributed by atoms with Crippen molar-refractivity contribution in [3.05, 3.63) is 28.8 Å². The lowest BCUT2D eigenvalue weighted by Crippen LogP contribution is -2.53. The molecule has 0 bridgehead atoms. The van der Waals surface area contributed by atoms with Crippen molar-refractivity contribution in [3.8, 4) is 5.75 Å². The van der Waals surface area contributed by atoms with Crippen molar-refractivity contribution in [3.63, 3.8) is 0 Å². The highest BCUT2D eigenvalue weighted by molar-refractivity contribution is 6.01. The molecule has 1 fully saturated rings. The van der Waals surface area contributed by atoms with Crippen molar-refractivity contribution in [2.24, 2.45) is 11.3 Å². The number of benzene rings is 1. The highest BCUT2D eigenvalue weighted by Crippen LogP contribution is 2.56. The molecule has 0 heterocycles. The van der Waals surface area contributed by atoms with Crippen LogP contribution >= 0.6 is 0 Å². The van der Waals surface area contributed by atoms with E-state index in [0.29, 0.717) is 30.4 Å². The van der Waals surface area contributed by atoms with Crippen LogP contribution in [0, 0.1) is 11.3 Å². The summed E-state index contributed by atoms with van der Waals surface area (Å²) in [5.74, 6) is 0.0991. The maximum absolute atomic E-state index is 12.8. The van der Waals surface area contributed by atoms with E-state index in [9.17, 15) is 19.8 Å². The second-order valence-electron chi connectivity index (χ2n) is 8.28. The predicted octanol–water partition coefficient (Wildman–Crippen LogP) is 3.34. The number of rotatable bonds is 2. The molecule has 0 radical (unpaired) electrons. The molecule has 0 unspecified atom stereocenters. The predicted molar refractivity (Wildman–Crippen MR) is 91.4 cm³/mol. The molecule has 0 saturated heterocycles. The SMILES string of the molecule is C[C@H](CO)c1cc2c(cc1O)[C@@]1(C)CCC(=O)C(C)(C)[C@@H]1CC2=O. The van der Waals surface area contributed by atoms with Crippen LogP contribution in [-0.4, -0.2) is 28.4 Å². The maximum atomic E-state index is 12.8. The van der Waals surface area contributed by atoms with E-state index in [0.717, 1.165) is 5.56 Å². The van der Waals surface area contributed by atoms with E-state index >= 15 is 0 Å². The Morgan fingerprint density at radius 1 is 1.25 bits per heavy atom. The zero-order valence-corrected chi connectivity index (χ0v) is 14.8. The van der Waals surface area contributed by atoms with Crippen LogP contribution in [-0.2, 0) is 10.2 Å². The molecule has 3 rings (SSSR count). The van der Waals surface area contributed by atoms with E-state index < -0.39 is 5.41 Å². The van der Waals surface area contributed by atoms with Gasteiger partial charge in [-0.3, -0.25) is 9.59 Å². The lowest BCUT2D eigenvalue weighted by Gasteiger charge is -2.52. The number of ketones is 2. The van der Waals surface area contributed by atoms with Crippen molar-refractivity contribution in [2.45, 2.75) is 58.3 Å². The maximum Gasteiger partial charge on any atom is 0.163 e. The smallest absolute Gasteiger partial charge is 0.163 e. The van der Waals surface area contributed by atoms with Gasteiger partial charge in [-0.15, -0.1) is 0 Å². The van der Waals surface area contributed by atoms with Crippen LogP contribution in [0.1, 0.15) is 74.4 Å². The highest BCUT2D eigenvalue weighted by Gasteiger charge is 2.55. The molecule has 24 heavy (non-hydrogen) atoms. The van der Waals surface area contributed by atoms with Gasteiger partial charge in [0.15, 0.2) is 5.78 Å². The largest absolute Gasteiger partial charge is 0.508 e. The van der Waals surface area contributed by atoms with E-state index in [1.165, 1.54) is 0 Å². The van der Waals surface area contributed by atoms with Crippen LogP contribution < -0.4 is 0 Å². The minimum Gasteiger partial charge on any atom is -0.508 e. The second-order valence-corrected chi connectivity index (χ2v) is 8.28. The van der Waals surface area contributed by atoms with Gasteiger partial charge in [0.05, 0.1) is 0 Å². The number of aromatic hydroxyl groups is 1. The van der Waals surface area contributed by atoms with Crippen LogP contribution in [0.5, 0.6) is 5.75 Å². The standard InChI is InChI=1S/C20H26O4/c1-11(10-21)12-7-13-14(8-15(12)22)20(4)6-5-18(24)19(2,3)17(20)9-16(13)23/h7-8,11,17,21-22H,5-6,9-10H2,1-4H3/t11-,17+,20-/m1/s1. The van der Waals surface area contributed by atoms with Gasteiger partial charge < -0.3 is 10.2 Å². The van der Waals surface area contributed by atoms with Gasteiger partial charge in [0.2, 0.25) is 0 Å². The number of hydrogen-bond donors (Lipinski definition) is 2. The van der Waals surface area contributed by atoms with E-state index in [1.54, 1.807) is 12.1 Å². The van der Waals surface area contributed by atoms with Crippen molar-refractivity contribution in [2.75, 3.05) is 6.61 Å². The summed E-state index contributed by atoms with van der Waals surface area (Å²) < 4.78 is 0. The van der Waals surface area contributed by atoms with E-state index in [4.69, 9.17) is 0 Å². The number of phenolic OH excluding ortho intramolecular Hbond substituents is 1. The van der Waals surface area contributed by atoms with Crippen LogP contribution in [0.15, 0.2) is 12.1 Å². The molecule has 2 aliphatic rings. The second kappa shape index (κ2) is 5.41. The first-order valence-electron chi connectivity index (χ1n) is 8.67. The molecule has 0 aromatic heterocycles. The van der Waals surface area contributed by atoms with Gasteiger partial charge in [-0.05, 0) is 41.0 Å². The molecule has 3 atom stereocenters. The first kappa shape index (κ1) is 17.2. The molecule has 130 valence electrons. The monoisotopic (exact) mass is 330 g/mol. The summed E-state index contributed by atoms with van der Waals surface area (Å²) in [6.07, 6.45) is 1.57. The van der Waals surface area contributed by atoms with E-state index in [1.807, 2.05) is 20.8 Å². The Morgan fingerprint density at radius 3 is 2.54 bits per heavy atom. The molecule has 1 aromatic rings. The number of hydrogen-bond acceptors (Lipinski definition) is 4. The zero-order valence-electron chi connectivity index (χ0n) is 14.8. The fourth-order valence-electron chi connectivity index (χ4n) is 4.76. The molecule has 4 heteroatoms. The number of fused-ring (bicyclic) bond motifs is 3. The number of phenols is 1. The van der Waals surface area contributed by atoms with Gasteiger partial charge >= 0.3 is 0 Å². The Morgan fingerprint density at radius 2 is 1.92 bits per heavy atom. The number of carbonyl (C=O) groups excluding carboxylic acids is 2. The number of Topliss-reactive ketones (excluding diaryl/α,β-unsaturated/α-hetero) is 2. The van der Waals surface area contributed by atoms with Gasteiger partial charge in [0.25, 0.3) is 0 Å². The molecule has 0 spiro atoms. The lowest BCUT2D eigenvalue weighted by molar-refractivity contribution is -0.136. The van der Waals surface area contributed by atoms with Crippen LogP contribution in [0.2, 0.25) is 0 Å². The van der Waals surface area contributed by atoms with Gasteiger partial charge in [0.1, 0.15) is 11.5 Å². The number of aliphatic hydroxyl groups is 1. The summed E-state index contributed by atoms with van der Waals surface area (Å²) >= 11 is 0. The molecule has 0 amide bonds. The lowest BCUT2D eigenvalue weighted by atomic mass is 9.49. The van der Waals surface area contributed by atoms with Gasteiger partial charge in [-0.2, -0.15) is 0 Å². The van der Waals surface area contributed by atoms with Crippen LogP contribution in [0.4, 0.5) is 0 Å². The molecule has 1 saturated carbocycles. The minimum absolute atomic E-state index is 0.0293. The third kappa shape index (κ3) is 2.23. The summed E-state index contributed by atoms with van der Waals surface area (Å²) in [5, 5.41) is 19.8. The summed E-state index contributed by atoms with van der Waals surface area (Å²) in [6, 6.07) is 3.45. The van der Waals surface area contributed by atoms with Gasteiger partial charge in [0, 0.05) is 36.3 Å². The van der Waals surface area contributed by atoms with Crippen molar-refractivity contribution in [1.29, 1.82) is 0 Å². The highest BCUT2D eigenvalue weighted by atomic mass is 16.3. The Kier molecular flexibility index (Phi) is 3.87. The van der Waals surface area contributed by atoms with Gasteiger partial charge in [-0.1, -0.05) is 27.7 Å². The average molecular weight is 330 g/mol. The molecule has 2 N–H and O–H groups in total. The Bertz CT molecular complexity index is 719. The Labute approximate surface area is 142 Å². The molecule has 2 aliphatic carbocycles. The summed E-state index contributed by atoms with van der Waals surface area (Å²) in [6.45, 7) is 7.74. The third-order valence-electron chi connectivity index (χ3n) is 6.51. The Balaban J connectivity index is 2.19. The number of carbonyl (C=O) groups is 2. The van der Waals surface area contributed by atoms with Crippen LogP contribution in [0.25, 0.3) is 0 Å². The fraction of sp³-hybridized carbons (Fsp3) is 0.600. The van der Waals surface area contributed by atoms with Crippen molar-refractivity contribution >= 4 is 11.6 Å². The number of aliphatic hydroxyl groups excluding tert-OH is 1. The molecular formula is C20H26O4. The van der Waals surface area contributed by atoms with E-state index in [-0.39, 0.29) is 41.2 Å². The minimum atomic E-state index is -0.535. The third-order valence-corrected chi connectivity index (χ3v) is 6.51. The summed E-state index contributed by atoms with van der Waals surface area (Å²) in [4.78, 5) is 25.2. The van der Waals surface area contributed by atoms with Crippen molar-refractivity contribution < 1.29 is 19.8 Å². The quantitative estimate of drug-likeness (QED) is 0.872. The van der Waals surface area contributed by atoms with E-state index in [2.05, 4.69) is 6.92 Å². The first-order chi connectivity index (χ1) is 11.1. The topological polar surface area (TPSA) is 74.6 Å². The summed E-state index contributed by atoms with van der Waals surface area (Å²) in [5.41, 5.74) is 1.28. The molecular weight excluding hydrogens is 304 g/mol. The van der Waals surface area contributed by atoms with Crippen LogP contribution in [0.3, 0.4) is 0 Å². The fourth-order valence-corrected chi connectivity index (χ4v) is 4.76. The van der Waals surface area contributed by atoms with Crippen molar-refractivity contribution in [1.82, 2.24) is 0 Å². The Hall–Kier alpha value is -1.68. The first-order valence-corrected chi connectivity index (χ1v) is 8.67.